The van der Waals surface area contributed by atoms with Crippen molar-refractivity contribution in [3.63, 3.8) is 0 Å². The number of hydrogen-bond donors (Lipinski definition) is 0. The Balaban J connectivity index is 4.22. The van der Waals surface area contributed by atoms with Gasteiger partial charge in [-0.1, -0.05) is 6.08 Å². The minimum atomic E-state index is -0.544. The van der Waals surface area contributed by atoms with Gasteiger partial charge in [0.15, 0.2) is 6.19 Å². The Morgan fingerprint density at radius 3 is 2.83 bits per heavy atom. The zero-order valence-electron chi connectivity index (χ0n) is 7.28. The van der Waals surface area contributed by atoms with Crippen molar-refractivity contribution < 1.29 is 9.53 Å². The second-order valence-electron chi connectivity index (χ2n) is 2.24. The molecule has 0 saturated carbocycles. The summed E-state index contributed by atoms with van der Waals surface area (Å²) >= 11 is 0. The molecule has 0 rings (SSSR count). The lowest BCUT2D eigenvalue weighted by Crippen LogP contribution is -2.36. The van der Waals surface area contributed by atoms with Gasteiger partial charge in [0.25, 0.3) is 0 Å². The number of ether oxygens (including phenoxy) is 1. The molecule has 0 aliphatic rings. The third-order valence-electron chi connectivity index (χ3n) is 1.46. The Bertz CT molecular complexity index is 208. The summed E-state index contributed by atoms with van der Waals surface area (Å²) in [7, 11) is 1.29. The summed E-state index contributed by atoms with van der Waals surface area (Å²) in [4.78, 5) is 12.2. The molecule has 0 aliphatic heterocycles. The minimum absolute atomic E-state index is 0.354. The standard InChI is InChI=1S/C8H12N2O2/c1-4-5-10(6-9)7(2)8(11)12-3/h4,7H,1,5H2,2-3H3/t7-/m1/s1. The monoisotopic (exact) mass is 168 g/mol. The number of hydrogen-bond acceptors (Lipinski definition) is 4. The average molecular weight is 168 g/mol. The van der Waals surface area contributed by atoms with Gasteiger partial charge in [-0.15, -0.1) is 6.58 Å². The molecule has 0 heterocycles. The summed E-state index contributed by atoms with van der Waals surface area (Å²) in [6.45, 7) is 5.43. The molecule has 0 aromatic carbocycles. The number of nitrogens with zero attached hydrogens (tertiary/aromatic N) is 2. The summed E-state index contributed by atoms with van der Waals surface area (Å²) in [5, 5.41) is 8.59. The molecule has 12 heavy (non-hydrogen) atoms. The van der Waals surface area contributed by atoms with Crippen LogP contribution in [0.15, 0.2) is 12.7 Å². The fourth-order valence-corrected chi connectivity index (χ4v) is 0.722. The van der Waals surface area contributed by atoms with Crippen LogP contribution in [-0.2, 0) is 9.53 Å². The first-order valence-electron chi connectivity index (χ1n) is 3.52. The van der Waals surface area contributed by atoms with Gasteiger partial charge in [0.1, 0.15) is 6.04 Å². The molecule has 0 aromatic heterocycles. The Kier molecular flexibility index (Phi) is 4.54. The lowest BCUT2D eigenvalue weighted by molar-refractivity contribution is -0.144. The molecular weight excluding hydrogens is 156 g/mol. The number of methoxy groups -OCH3 is 1. The van der Waals surface area contributed by atoms with Gasteiger partial charge in [-0.2, -0.15) is 5.26 Å². The third-order valence-corrected chi connectivity index (χ3v) is 1.46. The van der Waals surface area contributed by atoms with Gasteiger partial charge in [0.05, 0.1) is 7.11 Å². The quantitative estimate of drug-likeness (QED) is 0.266. The van der Waals surface area contributed by atoms with Crippen LogP contribution in [0.1, 0.15) is 6.92 Å². The van der Waals surface area contributed by atoms with E-state index in [1.807, 2.05) is 6.19 Å². The molecule has 4 heteroatoms. The Morgan fingerprint density at radius 1 is 1.92 bits per heavy atom. The molecular formula is C8H12N2O2. The molecule has 0 aliphatic carbocycles. The lowest BCUT2D eigenvalue weighted by Gasteiger charge is -2.18. The highest BCUT2D eigenvalue weighted by Gasteiger charge is 2.19. The zero-order chi connectivity index (χ0) is 9.56. The number of rotatable bonds is 4. The van der Waals surface area contributed by atoms with Gasteiger partial charge in [-0.3, -0.25) is 4.90 Å². The molecule has 0 N–H and O–H groups in total. The zero-order valence-corrected chi connectivity index (χ0v) is 7.28. The van der Waals surface area contributed by atoms with E-state index in [0.717, 1.165) is 0 Å². The summed E-state index contributed by atoms with van der Waals surface area (Å²) in [5.74, 6) is -0.418. The molecule has 0 unspecified atom stereocenters. The Hall–Kier alpha value is -1.50. The average Bonchev–Trinajstić information content (AvgIpc) is 2.11. The van der Waals surface area contributed by atoms with Crippen molar-refractivity contribution >= 4 is 5.97 Å². The van der Waals surface area contributed by atoms with Crippen molar-refractivity contribution in [2.24, 2.45) is 0 Å². The molecule has 0 saturated heterocycles. The second-order valence-corrected chi connectivity index (χ2v) is 2.24. The van der Waals surface area contributed by atoms with Crippen molar-refractivity contribution in [2.45, 2.75) is 13.0 Å². The molecule has 4 nitrogen and oxygen atoms in total. The molecule has 1 atom stereocenters. The number of esters is 1. The van der Waals surface area contributed by atoms with Crippen LogP contribution < -0.4 is 0 Å². The first-order chi connectivity index (χ1) is 5.67. The van der Waals surface area contributed by atoms with E-state index in [0.29, 0.717) is 6.54 Å². The van der Waals surface area contributed by atoms with E-state index < -0.39 is 12.0 Å². The van der Waals surface area contributed by atoms with E-state index in [2.05, 4.69) is 11.3 Å². The van der Waals surface area contributed by atoms with Crippen LogP contribution in [0.5, 0.6) is 0 Å². The predicted octanol–water partition coefficient (Wildman–Crippen LogP) is 0.517. The highest BCUT2D eigenvalue weighted by atomic mass is 16.5. The van der Waals surface area contributed by atoms with Gasteiger partial charge in [-0.25, -0.2) is 4.79 Å². The van der Waals surface area contributed by atoms with E-state index in [4.69, 9.17) is 5.26 Å². The maximum absolute atomic E-state index is 10.9. The van der Waals surface area contributed by atoms with Crippen molar-refractivity contribution in [1.29, 1.82) is 5.26 Å². The van der Waals surface area contributed by atoms with Crippen molar-refractivity contribution in [3.8, 4) is 6.19 Å². The molecule has 0 bridgehead atoms. The summed E-state index contributed by atoms with van der Waals surface area (Å²) in [6.07, 6.45) is 3.44. The molecule has 0 amide bonds. The van der Waals surface area contributed by atoms with Crippen LogP contribution in [-0.4, -0.2) is 30.6 Å². The normalized spacial score (nSPS) is 11.1. The summed E-state index contributed by atoms with van der Waals surface area (Å²) in [6, 6.07) is -0.544. The van der Waals surface area contributed by atoms with E-state index in [-0.39, 0.29) is 0 Å². The first kappa shape index (κ1) is 10.5. The van der Waals surface area contributed by atoms with Gasteiger partial charge in [0.2, 0.25) is 0 Å². The second kappa shape index (κ2) is 5.19. The SMILES string of the molecule is C=CCN(C#N)[C@H](C)C(=O)OC. The molecule has 0 fully saturated rings. The van der Waals surface area contributed by atoms with E-state index in [1.54, 1.807) is 13.0 Å². The maximum atomic E-state index is 10.9. The lowest BCUT2D eigenvalue weighted by atomic mass is 10.3. The van der Waals surface area contributed by atoms with Crippen LogP contribution in [0, 0.1) is 11.5 Å². The minimum Gasteiger partial charge on any atom is -0.467 e. The van der Waals surface area contributed by atoms with Crippen LogP contribution in [0.3, 0.4) is 0 Å². The summed E-state index contributed by atoms with van der Waals surface area (Å²) < 4.78 is 4.48. The largest absolute Gasteiger partial charge is 0.467 e. The fraction of sp³-hybridized carbons (Fsp3) is 0.500. The smallest absolute Gasteiger partial charge is 0.328 e. The molecule has 0 spiro atoms. The van der Waals surface area contributed by atoms with Gasteiger partial charge < -0.3 is 4.74 Å². The number of nitriles is 1. The Morgan fingerprint density at radius 2 is 2.50 bits per heavy atom. The first-order valence-corrected chi connectivity index (χ1v) is 3.52. The van der Waals surface area contributed by atoms with Gasteiger partial charge in [0, 0.05) is 6.54 Å². The Labute approximate surface area is 72.0 Å². The third kappa shape index (κ3) is 2.62. The van der Waals surface area contributed by atoms with Gasteiger partial charge in [-0.05, 0) is 6.92 Å². The molecule has 0 aromatic rings. The predicted molar refractivity (Wildman–Crippen MR) is 44.0 cm³/mol. The van der Waals surface area contributed by atoms with Crippen LogP contribution >= 0.6 is 0 Å². The fourth-order valence-electron chi connectivity index (χ4n) is 0.722. The van der Waals surface area contributed by atoms with Crippen LogP contribution in [0.25, 0.3) is 0 Å². The van der Waals surface area contributed by atoms with Crippen molar-refractivity contribution in [1.82, 2.24) is 4.90 Å². The molecule has 66 valence electrons. The highest BCUT2D eigenvalue weighted by Crippen LogP contribution is 1.98. The van der Waals surface area contributed by atoms with E-state index in [1.165, 1.54) is 12.0 Å². The van der Waals surface area contributed by atoms with Crippen molar-refractivity contribution in [3.05, 3.63) is 12.7 Å². The van der Waals surface area contributed by atoms with Crippen LogP contribution in [0.4, 0.5) is 0 Å². The van der Waals surface area contributed by atoms with E-state index in [9.17, 15) is 4.79 Å². The molecule has 0 radical (unpaired) electrons. The summed E-state index contributed by atoms with van der Waals surface area (Å²) in [5.41, 5.74) is 0. The maximum Gasteiger partial charge on any atom is 0.328 e. The topological polar surface area (TPSA) is 53.3 Å². The van der Waals surface area contributed by atoms with Crippen LogP contribution in [0.2, 0.25) is 0 Å². The van der Waals surface area contributed by atoms with E-state index >= 15 is 0 Å². The number of carbonyl (C=O) groups is 1. The van der Waals surface area contributed by atoms with Gasteiger partial charge >= 0.3 is 5.97 Å². The van der Waals surface area contributed by atoms with Crippen molar-refractivity contribution in [2.75, 3.05) is 13.7 Å². The number of carbonyl (C=O) groups excluding carboxylic acids is 1. The highest BCUT2D eigenvalue weighted by molar-refractivity contribution is 5.75.